The van der Waals surface area contributed by atoms with Crippen molar-refractivity contribution in [2.75, 3.05) is 0 Å². The van der Waals surface area contributed by atoms with E-state index < -0.39 is 0 Å². The van der Waals surface area contributed by atoms with Gasteiger partial charge in [0.25, 0.3) is 0 Å². The predicted octanol–water partition coefficient (Wildman–Crippen LogP) is 4.05. The van der Waals surface area contributed by atoms with Crippen LogP contribution in [0, 0.1) is 25.2 Å². The van der Waals surface area contributed by atoms with Crippen molar-refractivity contribution in [2.45, 2.75) is 52.1 Å². The maximum absolute atomic E-state index is 13.2. The molecule has 172 valence electrons. The molecule has 1 saturated carbocycles. The lowest BCUT2D eigenvalue weighted by Gasteiger charge is -2.21. The molecule has 0 radical (unpaired) electrons. The van der Waals surface area contributed by atoms with E-state index in [2.05, 4.69) is 26.3 Å². The molecule has 1 aromatic carbocycles. The second-order valence-corrected chi connectivity index (χ2v) is 8.86. The number of benzene rings is 1. The van der Waals surface area contributed by atoms with Gasteiger partial charge in [-0.2, -0.15) is 10.4 Å². The summed E-state index contributed by atoms with van der Waals surface area (Å²) in [6.07, 6.45) is 4.32. The van der Waals surface area contributed by atoms with E-state index in [1.807, 2.05) is 30.9 Å². The number of rotatable bonds is 7. The molecule has 1 fully saturated rings. The summed E-state index contributed by atoms with van der Waals surface area (Å²) in [6.45, 7) is 4.12. The number of hydrogen-bond acceptors (Lipinski definition) is 7. The molecule has 0 saturated heterocycles. The van der Waals surface area contributed by atoms with Crippen molar-refractivity contribution in [3.63, 3.8) is 0 Å². The Balaban J connectivity index is 1.30. The van der Waals surface area contributed by atoms with E-state index >= 15 is 0 Å². The first kappa shape index (κ1) is 22.0. The molecular weight excluding hydrogens is 454 g/mol. The smallest absolute Gasteiger partial charge is 0.247 e. The fourth-order valence-corrected chi connectivity index (χ4v) is 4.23. The zero-order valence-electron chi connectivity index (χ0n) is 18.8. The quantitative estimate of drug-likeness (QED) is 0.396. The molecule has 0 N–H and O–H groups in total. The lowest BCUT2D eigenvalue weighted by molar-refractivity contribution is -0.132. The minimum absolute atomic E-state index is 0.0332. The van der Waals surface area contributed by atoms with Crippen LogP contribution in [0.4, 0.5) is 0 Å². The molecular formula is C24H22ClN7O2. The van der Waals surface area contributed by atoms with Gasteiger partial charge in [-0.25, -0.2) is 9.50 Å². The highest BCUT2D eigenvalue weighted by atomic mass is 35.5. The maximum atomic E-state index is 13.2. The minimum Gasteiger partial charge on any atom is -0.419 e. The molecule has 34 heavy (non-hydrogen) atoms. The van der Waals surface area contributed by atoms with Gasteiger partial charge in [-0.05, 0) is 62.9 Å². The van der Waals surface area contributed by atoms with Crippen molar-refractivity contribution in [2.24, 2.45) is 0 Å². The summed E-state index contributed by atoms with van der Waals surface area (Å²) in [7, 11) is 0. The summed E-state index contributed by atoms with van der Waals surface area (Å²) in [6, 6.07) is 9.48. The zero-order chi connectivity index (χ0) is 23.8. The average Bonchev–Trinajstić information content (AvgIpc) is 3.41. The molecule has 1 aliphatic rings. The van der Waals surface area contributed by atoms with Crippen molar-refractivity contribution in [3.8, 4) is 17.5 Å². The largest absolute Gasteiger partial charge is 0.419 e. The average molecular weight is 476 g/mol. The molecule has 1 aliphatic carbocycles. The normalized spacial score (nSPS) is 13.2. The summed E-state index contributed by atoms with van der Waals surface area (Å²) in [5.41, 5.74) is 4.41. The number of carbonyl (C=O) groups excluding carboxylic acids is 1. The van der Waals surface area contributed by atoms with E-state index in [9.17, 15) is 10.1 Å². The molecule has 4 aromatic rings. The van der Waals surface area contributed by atoms with Gasteiger partial charge in [-0.3, -0.25) is 4.79 Å². The number of aryl methyl sites for hydroxylation is 2. The van der Waals surface area contributed by atoms with Gasteiger partial charge < -0.3 is 9.32 Å². The molecule has 9 nitrogen and oxygen atoms in total. The van der Waals surface area contributed by atoms with E-state index in [0.29, 0.717) is 40.9 Å². The van der Waals surface area contributed by atoms with E-state index in [-0.39, 0.29) is 18.5 Å². The van der Waals surface area contributed by atoms with E-state index in [1.54, 1.807) is 16.6 Å². The number of hydrogen-bond donors (Lipinski definition) is 0. The maximum Gasteiger partial charge on any atom is 0.247 e. The SMILES string of the molecule is Cc1nc2c(C#N)cnn2c(C)c1CCC(=O)N(Cc1nnc(-c2ccc(Cl)cc2)o1)C1CC1. The number of nitrogens with zero attached hydrogens (tertiary/aromatic N) is 7. The first-order valence-corrected chi connectivity index (χ1v) is 11.4. The van der Waals surface area contributed by atoms with Crippen molar-refractivity contribution in [1.29, 1.82) is 5.26 Å². The molecule has 0 spiro atoms. The Bertz CT molecular complexity index is 1410. The molecule has 1 amide bonds. The monoisotopic (exact) mass is 475 g/mol. The second-order valence-electron chi connectivity index (χ2n) is 8.43. The molecule has 0 unspecified atom stereocenters. The number of carbonyl (C=O) groups is 1. The van der Waals surface area contributed by atoms with Crippen molar-refractivity contribution >= 4 is 23.2 Å². The highest BCUT2D eigenvalue weighted by molar-refractivity contribution is 6.30. The van der Waals surface area contributed by atoms with Gasteiger partial charge in [0.2, 0.25) is 17.7 Å². The van der Waals surface area contributed by atoms with E-state index in [0.717, 1.165) is 35.4 Å². The Labute approximate surface area is 201 Å². The number of amides is 1. The van der Waals surface area contributed by atoms with Crippen LogP contribution in [0.2, 0.25) is 5.02 Å². The molecule has 0 aliphatic heterocycles. The van der Waals surface area contributed by atoms with Gasteiger partial charge in [0.1, 0.15) is 11.6 Å². The highest BCUT2D eigenvalue weighted by Gasteiger charge is 2.33. The standard InChI is InChI=1S/C24H22ClN7O2/c1-14-20(15(2)32-23(28-14)17(11-26)12-27-32)9-10-22(33)31(19-7-8-19)13-21-29-30-24(34-21)16-3-5-18(25)6-4-16/h3-6,12,19H,7-10,13H2,1-2H3. The second kappa shape index (κ2) is 8.88. The third-order valence-electron chi connectivity index (χ3n) is 6.09. The molecule has 5 rings (SSSR count). The molecule has 3 heterocycles. The van der Waals surface area contributed by atoms with Crippen LogP contribution in [-0.4, -0.2) is 41.6 Å². The Hall–Kier alpha value is -3.77. The number of aromatic nitrogens is 5. The minimum atomic E-state index is 0.0332. The van der Waals surface area contributed by atoms with Crippen LogP contribution in [0.1, 0.15) is 47.7 Å². The molecule has 3 aromatic heterocycles. The van der Waals surface area contributed by atoms with Gasteiger partial charge in [0.15, 0.2) is 5.65 Å². The van der Waals surface area contributed by atoms with Crippen LogP contribution in [-0.2, 0) is 17.8 Å². The van der Waals surface area contributed by atoms with Crippen LogP contribution >= 0.6 is 11.6 Å². The van der Waals surface area contributed by atoms with Gasteiger partial charge in [0, 0.05) is 34.4 Å². The Morgan fingerprint density at radius 1 is 1.26 bits per heavy atom. The third-order valence-corrected chi connectivity index (χ3v) is 6.34. The van der Waals surface area contributed by atoms with Crippen LogP contribution in [0.15, 0.2) is 34.9 Å². The third kappa shape index (κ3) is 4.24. The fourth-order valence-electron chi connectivity index (χ4n) is 4.11. The summed E-state index contributed by atoms with van der Waals surface area (Å²) in [5, 5.41) is 22.4. The predicted molar refractivity (Wildman–Crippen MR) is 124 cm³/mol. The van der Waals surface area contributed by atoms with E-state index in [1.165, 1.54) is 6.20 Å². The van der Waals surface area contributed by atoms with Crippen LogP contribution in [0.5, 0.6) is 0 Å². The first-order chi connectivity index (χ1) is 16.4. The van der Waals surface area contributed by atoms with Gasteiger partial charge in [-0.15, -0.1) is 10.2 Å². The van der Waals surface area contributed by atoms with Crippen molar-refractivity contribution < 1.29 is 9.21 Å². The van der Waals surface area contributed by atoms with Gasteiger partial charge in [-0.1, -0.05) is 11.6 Å². The van der Waals surface area contributed by atoms with Crippen LogP contribution in [0.25, 0.3) is 17.1 Å². The summed E-state index contributed by atoms with van der Waals surface area (Å²) in [4.78, 5) is 19.6. The number of nitriles is 1. The van der Waals surface area contributed by atoms with E-state index in [4.69, 9.17) is 16.0 Å². The highest BCUT2D eigenvalue weighted by Crippen LogP contribution is 2.30. The Morgan fingerprint density at radius 3 is 2.74 bits per heavy atom. The van der Waals surface area contributed by atoms with Crippen molar-refractivity contribution in [3.05, 3.63) is 63.9 Å². The Kier molecular flexibility index (Phi) is 5.75. The molecule has 10 heteroatoms. The topological polar surface area (TPSA) is 113 Å². The van der Waals surface area contributed by atoms with Crippen LogP contribution in [0.3, 0.4) is 0 Å². The van der Waals surface area contributed by atoms with Crippen LogP contribution < -0.4 is 0 Å². The number of fused-ring (bicyclic) bond motifs is 1. The van der Waals surface area contributed by atoms with Crippen molar-refractivity contribution in [1.82, 2.24) is 29.7 Å². The lowest BCUT2D eigenvalue weighted by Crippen LogP contribution is -2.33. The fraction of sp³-hybridized carbons (Fsp3) is 0.333. The molecule has 0 bridgehead atoms. The summed E-state index contributed by atoms with van der Waals surface area (Å²) < 4.78 is 7.49. The van der Waals surface area contributed by atoms with Gasteiger partial charge in [0.05, 0.1) is 12.7 Å². The first-order valence-electron chi connectivity index (χ1n) is 11.1. The number of halogens is 1. The molecule has 0 atom stereocenters. The summed E-state index contributed by atoms with van der Waals surface area (Å²) >= 11 is 5.95. The van der Waals surface area contributed by atoms with Gasteiger partial charge >= 0.3 is 0 Å². The Morgan fingerprint density at radius 2 is 2.03 bits per heavy atom. The summed E-state index contributed by atoms with van der Waals surface area (Å²) in [5.74, 6) is 0.837. The zero-order valence-corrected chi connectivity index (χ0v) is 19.6. The lowest BCUT2D eigenvalue weighted by atomic mass is 10.1.